The highest BCUT2D eigenvalue weighted by Crippen LogP contribution is 2.41. The number of aliphatic hydroxyl groups is 2. The van der Waals surface area contributed by atoms with Gasteiger partial charge in [-0.15, -0.1) is 0 Å². The summed E-state index contributed by atoms with van der Waals surface area (Å²) in [6.45, 7) is -0.251. The largest absolute Gasteiger partial charge is 0.394 e. The SMILES string of the molecule is Nc1ncnc2c1c(Cl)c(Br)n2[C@@H]1C[C@H](O)[C@@H](CO)O1. The molecule has 1 fully saturated rings. The van der Waals surface area contributed by atoms with Gasteiger partial charge >= 0.3 is 0 Å². The molecule has 3 atom stereocenters. The number of nitrogen functional groups attached to an aromatic ring is 1. The Morgan fingerprint density at radius 1 is 1.55 bits per heavy atom. The molecule has 0 spiro atoms. The number of rotatable bonds is 2. The number of anilines is 1. The first-order valence-electron chi connectivity index (χ1n) is 5.94. The van der Waals surface area contributed by atoms with Crippen LogP contribution in [0.2, 0.25) is 5.02 Å². The summed E-state index contributed by atoms with van der Waals surface area (Å²) in [6.07, 6.45) is -0.185. The van der Waals surface area contributed by atoms with E-state index >= 15 is 0 Å². The number of ether oxygens (including phenoxy) is 1. The Kier molecular flexibility index (Phi) is 3.59. The average molecular weight is 364 g/mol. The van der Waals surface area contributed by atoms with E-state index in [9.17, 15) is 5.11 Å². The fraction of sp³-hybridized carbons (Fsp3) is 0.455. The Bertz CT molecular complexity index is 665. The highest BCUT2D eigenvalue weighted by molar-refractivity contribution is 9.10. The summed E-state index contributed by atoms with van der Waals surface area (Å²) in [5.74, 6) is 0.275. The highest BCUT2D eigenvalue weighted by atomic mass is 79.9. The van der Waals surface area contributed by atoms with Crippen LogP contribution in [0.4, 0.5) is 5.82 Å². The van der Waals surface area contributed by atoms with Crippen LogP contribution in [0.5, 0.6) is 0 Å². The summed E-state index contributed by atoms with van der Waals surface area (Å²) >= 11 is 9.62. The zero-order valence-electron chi connectivity index (χ0n) is 10.2. The highest BCUT2D eigenvalue weighted by Gasteiger charge is 2.36. The van der Waals surface area contributed by atoms with E-state index in [0.717, 1.165) is 0 Å². The van der Waals surface area contributed by atoms with Crippen LogP contribution in [0.15, 0.2) is 10.9 Å². The predicted molar refractivity (Wildman–Crippen MR) is 76.3 cm³/mol. The summed E-state index contributed by atoms with van der Waals surface area (Å²) in [5.41, 5.74) is 6.34. The second kappa shape index (κ2) is 5.12. The van der Waals surface area contributed by atoms with E-state index in [2.05, 4.69) is 25.9 Å². The number of halogens is 2. The topological polar surface area (TPSA) is 106 Å². The van der Waals surface area contributed by atoms with E-state index in [1.807, 2.05) is 0 Å². The standard InChI is InChI=1S/C11H12BrClN4O3/c12-9-8(13)7-10(14)15-3-16-11(7)17(9)6-1-4(19)5(2-18)20-6/h3-6,18-19H,1-2H2,(H2,14,15,16)/t4-,5+,6-/m0/s1. The molecule has 7 nitrogen and oxygen atoms in total. The molecule has 2 aromatic heterocycles. The van der Waals surface area contributed by atoms with Gasteiger partial charge in [0.15, 0.2) is 0 Å². The molecule has 0 amide bonds. The molecule has 1 aliphatic rings. The minimum absolute atomic E-state index is 0.251. The summed E-state index contributed by atoms with van der Waals surface area (Å²) in [6, 6.07) is 0. The minimum Gasteiger partial charge on any atom is -0.394 e. The fourth-order valence-corrected chi connectivity index (χ4v) is 3.25. The number of fused-ring (bicyclic) bond motifs is 1. The van der Waals surface area contributed by atoms with E-state index in [0.29, 0.717) is 27.1 Å². The summed E-state index contributed by atoms with van der Waals surface area (Å²) in [4.78, 5) is 8.09. The van der Waals surface area contributed by atoms with Gasteiger partial charge < -0.3 is 20.7 Å². The number of hydrogen-bond acceptors (Lipinski definition) is 6. The van der Waals surface area contributed by atoms with Crippen LogP contribution in [0.25, 0.3) is 11.0 Å². The Morgan fingerprint density at radius 3 is 2.95 bits per heavy atom. The Balaban J connectivity index is 2.13. The number of aliphatic hydroxyl groups excluding tert-OH is 2. The zero-order valence-corrected chi connectivity index (χ0v) is 12.5. The maximum Gasteiger partial charge on any atom is 0.150 e. The monoisotopic (exact) mass is 362 g/mol. The number of aromatic nitrogens is 3. The van der Waals surface area contributed by atoms with E-state index in [1.54, 1.807) is 4.57 Å². The van der Waals surface area contributed by atoms with Crippen LogP contribution in [0, 0.1) is 0 Å². The maximum absolute atomic E-state index is 9.84. The number of nitrogens with two attached hydrogens (primary N) is 1. The van der Waals surface area contributed by atoms with Gasteiger partial charge in [-0.25, -0.2) is 9.97 Å². The first-order valence-corrected chi connectivity index (χ1v) is 7.11. The molecular formula is C11H12BrClN4O3. The third-order valence-corrected chi connectivity index (χ3v) is 4.74. The van der Waals surface area contributed by atoms with Crippen molar-refractivity contribution in [3.63, 3.8) is 0 Å². The van der Waals surface area contributed by atoms with Crippen molar-refractivity contribution in [3.05, 3.63) is 16.0 Å². The van der Waals surface area contributed by atoms with E-state index < -0.39 is 18.4 Å². The van der Waals surface area contributed by atoms with E-state index in [1.165, 1.54) is 6.33 Å². The molecule has 9 heteroatoms. The average Bonchev–Trinajstić information content (AvgIpc) is 2.90. The summed E-state index contributed by atoms with van der Waals surface area (Å²) in [7, 11) is 0. The molecule has 2 aromatic rings. The quantitative estimate of drug-likeness (QED) is 0.737. The van der Waals surface area contributed by atoms with E-state index in [-0.39, 0.29) is 12.4 Å². The van der Waals surface area contributed by atoms with Gasteiger partial charge in [0.1, 0.15) is 34.7 Å². The first kappa shape index (κ1) is 14.0. The molecule has 0 bridgehead atoms. The normalized spacial score (nSPS) is 26.5. The first-order chi connectivity index (χ1) is 9.54. The molecule has 1 aliphatic heterocycles. The van der Waals surface area contributed by atoms with Crippen LogP contribution in [0.1, 0.15) is 12.6 Å². The van der Waals surface area contributed by atoms with Crippen LogP contribution in [0.3, 0.4) is 0 Å². The molecule has 1 saturated heterocycles. The molecule has 0 unspecified atom stereocenters. The van der Waals surface area contributed by atoms with Crippen molar-refractivity contribution in [2.75, 3.05) is 12.3 Å². The van der Waals surface area contributed by atoms with E-state index in [4.69, 9.17) is 27.2 Å². The molecule has 0 aliphatic carbocycles. The predicted octanol–water partition coefficient (Wildman–Crippen LogP) is 1.07. The number of hydrogen-bond donors (Lipinski definition) is 3. The lowest BCUT2D eigenvalue weighted by Gasteiger charge is -2.15. The van der Waals surface area contributed by atoms with Crippen molar-refractivity contribution in [2.24, 2.45) is 0 Å². The summed E-state index contributed by atoms with van der Waals surface area (Å²) in [5, 5.41) is 19.9. The molecule has 0 radical (unpaired) electrons. The second-order valence-corrected chi connectivity index (χ2v) is 5.68. The smallest absolute Gasteiger partial charge is 0.150 e. The van der Waals surface area contributed by atoms with Gasteiger partial charge in [-0.1, -0.05) is 11.6 Å². The molecule has 3 rings (SSSR count). The maximum atomic E-state index is 9.84. The second-order valence-electron chi connectivity index (χ2n) is 4.55. The molecule has 3 heterocycles. The lowest BCUT2D eigenvalue weighted by molar-refractivity contribution is -0.0436. The van der Waals surface area contributed by atoms with Gasteiger partial charge in [0, 0.05) is 6.42 Å². The summed E-state index contributed by atoms with van der Waals surface area (Å²) < 4.78 is 7.88. The third-order valence-electron chi connectivity index (χ3n) is 3.37. The van der Waals surface area contributed by atoms with Gasteiger partial charge in [-0.05, 0) is 15.9 Å². The van der Waals surface area contributed by atoms with Crippen LogP contribution in [-0.2, 0) is 4.74 Å². The van der Waals surface area contributed by atoms with Crippen LogP contribution in [-0.4, -0.2) is 43.6 Å². The van der Waals surface area contributed by atoms with Crippen molar-refractivity contribution < 1.29 is 14.9 Å². The van der Waals surface area contributed by atoms with Crippen LogP contribution < -0.4 is 5.73 Å². The van der Waals surface area contributed by atoms with Crippen molar-refractivity contribution in [1.82, 2.24) is 14.5 Å². The van der Waals surface area contributed by atoms with Crippen molar-refractivity contribution in [3.8, 4) is 0 Å². The molecule has 20 heavy (non-hydrogen) atoms. The molecule has 108 valence electrons. The Hall–Kier alpha value is -0.930. The van der Waals surface area contributed by atoms with Gasteiger partial charge in [-0.2, -0.15) is 0 Å². The fourth-order valence-electron chi connectivity index (χ4n) is 2.38. The van der Waals surface area contributed by atoms with Gasteiger partial charge in [0.2, 0.25) is 0 Å². The lowest BCUT2D eigenvalue weighted by Crippen LogP contribution is -2.24. The Morgan fingerprint density at radius 2 is 2.30 bits per heavy atom. The Labute approximate surface area is 127 Å². The molecule has 4 N–H and O–H groups in total. The lowest BCUT2D eigenvalue weighted by atomic mass is 10.2. The van der Waals surface area contributed by atoms with Crippen molar-refractivity contribution >= 4 is 44.4 Å². The molecule has 0 saturated carbocycles. The van der Waals surface area contributed by atoms with Gasteiger partial charge in [0.25, 0.3) is 0 Å². The van der Waals surface area contributed by atoms with Gasteiger partial charge in [0.05, 0.1) is 23.1 Å². The van der Waals surface area contributed by atoms with Crippen LogP contribution >= 0.6 is 27.5 Å². The van der Waals surface area contributed by atoms with Crippen molar-refractivity contribution in [1.29, 1.82) is 0 Å². The minimum atomic E-state index is -0.743. The number of nitrogens with zero attached hydrogens (tertiary/aromatic N) is 3. The van der Waals surface area contributed by atoms with Gasteiger partial charge in [-0.3, -0.25) is 4.57 Å². The third kappa shape index (κ3) is 1.99. The zero-order chi connectivity index (χ0) is 14.4. The van der Waals surface area contributed by atoms with Crippen molar-refractivity contribution in [2.45, 2.75) is 24.9 Å². The molecular weight excluding hydrogens is 352 g/mol. The molecule has 0 aromatic carbocycles.